The Morgan fingerprint density at radius 1 is 1.50 bits per heavy atom. The molecule has 1 aliphatic carbocycles. The van der Waals surface area contributed by atoms with Gasteiger partial charge < -0.3 is 9.84 Å². The van der Waals surface area contributed by atoms with Crippen LogP contribution in [0.3, 0.4) is 0 Å². The van der Waals surface area contributed by atoms with Crippen molar-refractivity contribution in [2.75, 3.05) is 7.11 Å². The van der Waals surface area contributed by atoms with E-state index in [1.54, 1.807) is 7.11 Å². The number of carbonyl (C=O) groups is 1. The van der Waals surface area contributed by atoms with E-state index in [1.807, 2.05) is 18.2 Å². The molecule has 1 aromatic carbocycles. The van der Waals surface area contributed by atoms with E-state index >= 15 is 0 Å². The minimum Gasteiger partial charge on any atom is -0.496 e. The highest BCUT2D eigenvalue weighted by atomic mass is 16.5. The molecule has 3 nitrogen and oxygen atoms in total. The number of ether oxygens (including phenoxy) is 1. The Labute approximate surface area is 107 Å². The highest BCUT2D eigenvalue weighted by molar-refractivity contribution is 5.91. The number of rotatable bonds is 5. The van der Waals surface area contributed by atoms with E-state index in [2.05, 4.69) is 6.92 Å². The van der Waals surface area contributed by atoms with Crippen LogP contribution in [0.4, 0.5) is 0 Å². The molecule has 0 bridgehead atoms. The van der Waals surface area contributed by atoms with E-state index in [9.17, 15) is 4.79 Å². The third kappa shape index (κ3) is 2.73. The molecule has 18 heavy (non-hydrogen) atoms. The molecule has 0 aliphatic heterocycles. The largest absolute Gasteiger partial charge is 0.496 e. The van der Waals surface area contributed by atoms with E-state index in [-0.39, 0.29) is 0 Å². The van der Waals surface area contributed by atoms with Crippen molar-refractivity contribution in [3.05, 3.63) is 35.4 Å². The molecule has 1 aromatic rings. The van der Waals surface area contributed by atoms with E-state index < -0.39 is 5.97 Å². The van der Waals surface area contributed by atoms with Crippen LogP contribution in [0.2, 0.25) is 0 Å². The average molecular weight is 246 g/mol. The van der Waals surface area contributed by atoms with Gasteiger partial charge in [-0.05, 0) is 54.0 Å². The summed E-state index contributed by atoms with van der Waals surface area (Å²) in [6.07, 6.45) is 4.40. The Morgan fingerprint density at radius 2 is 2.22 bits per heavy atom. The summed E-state index contributed by atoms with van der Waals surface area (Å²) in [6, 6.07) is 5.92. The number of allylic oxidation sites excluding steroid dienone is 1. The zero-order valence-electron chi connectivity index (χ0n) is 10.8. The molecule has 1 aliphatic rings. The normalized spacial score (nSPS) is 15.6. The van der Waals surface area contributed by atoms with E-state index in [1.165, 1.54) is 6.08 Å². The maximum Gasteiger partial charge on any atom is 0.328 e. The van der Waals surface area contributed by atoms with Crippen LogP contribution in [0.25, 0.3) is 5.57 Å². The van der Waals surface area contributed by atoms with Crippen LogP contribution < -0.4 is 4.74 Å². The van der Waals surface area contributed by atoms with Gasteiger partial charge in [-0.2, -0.15) is 0 Å². The van der Waals surface area contributed by atoms with Gasteiger partial charge in [0.15, 0.2) is 0 Å². The molecule has 0 unspecified atom stereocenters. The van der Waals surface area contributed by atoms with Crippen LogP contribution in [0.5, 0.6) is 5.75 Å². The van der Waals surface area contributed by atoms with Gasteiger partial charge in [0.05, 0.1) is 7.11 Å². The zero-order chi connectivity index (χ0) is 13.1. The number of methoxy groups -OCH3 is 1. The lowest BCUT2D eigenvalue weighted by Gasteiger charge is -2.11. The molecular formula is C15H18O3. The van der Waals surface area contributed by atoms with E-state index in [4.69, 9.17) is 9.84 Å². The second-order valence-corrected chi connectivity index (χ2v) is 4.59. The number of carboxylic acid groups (broad SMARTS) is 1. The second-order valence-electron chi connectivity index (χ2n) is 4.59. The SMILES string of the molecule is CCc1cc(/C(=C/C(=O)O)C2CC2)ccc1OC. The molecule has 0 saturated heterocycles. The van der Waals surface area contributed by atoms with Gasteiger partial charge in [-0.15, -0.1) is 0 Å². The predicted molar refractivity (Wildman–Crippen MR) is 70.7 cm³/mol. The minimum atomic E-state index is -0.870. The van der Waals surface area contributed by atoms with Crippen LogP contribution in [0, 0.1) is 5.92 Å². The van der Waals surface area contributed by atoms with Crippen molar-refractivity contribution in [2.24, 2.45) is 5.92 Å². The van der Waals surface area contributed by atoms with Crippen LogP contribution in [0.1, 0.15) is 30.9 Å². The quantitative estimate of drug-likeness (QED) is 0.812. The molecule has 0 heterocycles. The highest BCUT2D eigenvalue weighted by Gasteiger charge is 2.27. The zero-order valence-corrected chi connectivity index (χ0v) is 10.8. The molecule has 0 radical (unpaired) electrons. The van der Waals surface area contributed by atoms with E-state index in [0.29, 0.717) is 5.92 Å². The van der Waals surface area contributed by atoms with Crippen LogP contribution in [0.15, 0.2) is 24.3 Å². The molecule has 3 heteroatoms. The van der Waals surface area contributed by atoms with Gasteiger partial charge >= 0.3 is 5.97 Å². The van der Waals surface area contributed by atoms with Crippen molar-refractivity contribution in [3.8, 4) is 5.75 Å². The molecule has 0 spiro atoms. The molecule has 1 N–H and O–H groups in total. The summed E-state index contributed by atoms with van der Waals surface area (Å²) in [4.78, 5) is 10.9. The first kappa shape index (κ1) is 12.7. The van der Waals surface area contributed by atoms with Gasteiger partial charge in [-0.1, -0.05) is 13.0 Å². The number of carboxylic acids is 1. The Morgan fingerprint density at radius 3 is 2.72 bits per heavy atom. The lowest BCUT2D eigenvalue weighted by molar-refractivity contribution is -0.131. The number of aryl methyl sites for hydroxylation is 1. The summed E-state index contributed by atoms with van der Waals surface area (Å²) in [5.74, 6) is 0.414. The number of benzene rings is 1. The summed E-state index contributed by atoms with van der Waals surface area (Å²) in [5, 5.41) is 8.95. The van der Waals surface area contributed by atoms with Gasteiger partial charge in [0.25, 0.3) is 0 Å². The molecule has 0 aromatic heterocycles. The number of hydrogen-bond donors (Lipinski definition) is 1. The molecule has 0 amide bonds. The van der Waals surface area contributed by atoms with Gasteiger partial charge in [-0.3, -0.25) is 0 Å². The van der Waals surface area contributed by atoms with Crippen molar-refractivity contribution in [3.63, 3.8) is 0 Å². The standard InChI is InChI=1S/C15H18O3/c1-3-10-8-12(6-7-14(10)18-2)13(9-15(16)17)11-4-5-11/h6-9,11H,3-5H2,1-2H3,(H,16,17)/b13-9+. The molecule has 2 rings (SSSR count). The van der Waals surface area contributed by atoms with E-state index in [0.717, 1.165) is 41.7 Å². The van der Waals surface area contributed by atoms with Crippen LogP contribution in [-0.4, -0.2) is 18.2 Å². The molecular weight excluding hydrogens is 228 g/mol. The monoisotopic (exact) mass is 246 g/mol. The van der Waals surface area contributed by atoms with Gasteiger partial charge in [0.2, 0.25) is 0 Å². The Balaban J connectivity index is 2.39. The first-order valence-corrected chi connectivity index (χ1v) is 6.27. The molecule has 1 fully saturated rings. The van der Waals surface area contributed by atoms with Crippen molar-refractivity contribution in [1.29, 1.82) is 0 Å². The smallest absolute Gasteiger partial charge is 0.328 e. The van der Waals surface area contributed by atoms with Crippen molar-refractivity contribution in [1.82, 2.24) is 0 Å². The Kier molecular flexibility index (Phi) is 3.70. The maximum atomic E-state index is 10.9. The molecule has 96 valence electrons. The average Bonchev–Trinajstić information content (AvgIpc) is 3.19. The second kappa shape index (κ2) is 5.25. The summed E-state index contributed by atoms with van der Waals surface area (Å²) >= 11 is 0. The summed E-state index contributed by atoms with van der Waals surface area (Å²) < 4.78 is 5.29. The molecule has 1 saturated carbocycles. The Bertz CT molecular complexity index is 485. The number of hydrogen-bond acceptors (Lipinski definition) is 2. The lowest BCUT2D eigenvalue weighted by atomic mass is 9.97. The van der Waals surface area contributed by atoms with Crippen molar-refractivity contribution < 1.29 is 14.6 Å². The fraction of sp³-hybridized carbons (Fsp3) is 0.400. The highest BCUT2D eigenvalue weighted by Crippen LogP contribution is 2.42. The first-order valence-electron chi connectivity index (χ1n) is 6.27. The van der Waals surface area contributed by atoms with Crippen LogP contribution >= 0.6 is 0 Å². The lowest BCUT2D eigenvalue weighted by Crippen LogP contribution is -1.97. The summed E-state index contributed by atoms with van der Waals surface area (Å²) in [5.41, 5.74) is 3.07. The summed E-state index contributed by atoms with van der Waals surface area (Å²) in [6.45, 7) is 2.07. The predicted octanol–water partition coefficient (Wildman–Crippen LogP) is 3.14. The fourth-order valence-electron chi connectivity index (χ4n) is 2.20. The van der Waals surface area contributed by atoms with Crippen molar-refractivity contribution in [2.45, 2.75) is 26.2 Å². The third-order valence-electron chi connectivity index (χ3n) is 3.29. The number of aliphatic carboxylic acids is 1. The fourth-order valence-corrected chi connectivity index (χ4v) is 2.20. The molecule has 0 atom stereocenters. The first-order chi connectivity index (χ1) is 8.65. The Hall–Kier alpha value is -1.77. The van der Waals surface area contributed by atoms with Crippen LogP contribution in [-0.2, 0) is 11.2 Å². The van der Waals surface area contributed by atoms with Gasteiger partial charge in [-0.25, -0.2) is 4.79 Å². The van der Waals surface area contributed by atoms with Gasteiger partial charge in [0, 0.05) is 6.08 Å². The summed E-state index contributed by atoms with van der Waals surface area (Å²) in [7, 11) is 1.66. The van der Waals surface area contributed by atoms with Gasteiger partial charge in [0.1, 0.15) is 5.75 Å². The van der Waals surface area contributed by atoms with Crippen molar-refractivity contribution >= 4 is 11.5 Å². The maximum absolute atomic E-state index is 10.9. The topological polar surface area (TPSA) is 46.5 Å². The minimum absolute atomic E-state index is 0.416. The third-order valence-corrected chi connectivity index (χ3v) is 3.29.